The van der Waals surface area contributed by atoms with E-state index in [1.165, 1.54) is 16.7 Å². The summed E-state index contributed by atoms with van der Waals surface area (Å²) in [5, 5.41) is 9.40. The van der Waals surface area contributed by atoms with Crippen molar-refractivity contribution in [2.45, 2.75) is 12.5 Å². The molecule has 1 N–H and O–H groups in total. The van der Waals surface area contributed by atoms with Crippen molar-refractivity contribution in [2.24, 2.45) is 0 Å². The van der Waals surface area contributed by atoms with Crippen LogP contribution in [0.4, 0.5) is 0 Å². The number of hydrogen-bond acceptors (Lipinski definition) is 6. The van der Waals surface area contributed by atoms with Crippen LogP contribution in [0, 0.1) is 0 Å². The Labute approximate surface area is 153 Å². The summed E-state index contributed by atoms with van der Waals surface area (Å²) in [5.41, 5.74) is 1.29. The fourth-order valence-corrected chi connectivity index (χ4v) is 3.98. The zero-order valence-corrected chi connectivity index (χ0v) is 15.2. The molecule has 0 radical (unpaired) electrons. The van der Waals surface area contributed by atoms with Crippen molar-refractivity contribution in [3.8, 4) is 0 Å². The highest BCUT2D eigenvalue weighted by Gasteiger charge is 2.40. The molecule has 1 aliphatic heterocycles. The van der Waals surface area contributed by atoms with Crippen LogP contribution in [0.25, 0.3) is 6.08 Å². The molecule has 1 amide bonds. The minimum absolute atomic E-state index is 0.254. The molecule has 1 aliphatic rings. The number of aliphatic carboxylic acids is 1. The van der Waals surface area contributed by atoms with Gasteiger partial charge in [0.15, 0.2) is 0 Å². The van der Waals surface area contributed by atoms with Crippen LogP contribution in [-0.4, -0.2) is 50.5 Å². The molecule has 1 heterocycles. The molecule has 24 heavy (non-hydrogen) atoms. The van der Waals surface area contributed by atoms with Crippen molar-refractivity contribution in [1.82, 2.24) is 4.90 Å². The van der Waals surface area contributed by atoms with Gasteiger partial charge in [-0.05, 0) is 30.1 Å². The second kappa shape index (κ2) is 8.46. The summed E-state index contributed by atoms with van der Waals surface area (Å²) in [4.78, 5) is 36.3. The van der Waals surface area contributed by atoms with E-state index in [1.54, 1.807) is 30.3 Å². The number of thiocarbonyl (C=S) groups is 1. The first-order valence-corrected chi connectivity index (χ1v) is 9.64. The number of carbonyl (C=O) groups is 3. The van der Waals surface area contributed by atoms with E-state index in [2.05, 4.69) is 0 Å². The molecule has 1 atom stereocenters. The zero-order valence-electron chi connectivity index (χ0n) is 12.8. The number of aldehydes is 1. The highest BCUT2D eigenvalue weighted by atomic mass is 32.2. The van der Waals surface area contributed by atoms with Crippen LogP contribution in [0.2, 0.25) is 0 Å². The molecule has 1 fully saturated rings. The number of amides is 1. The molecule has 0 saturated carbocycles. The minimum Gasteiger partial charge on any atom is -0.480 e. The third-order valence-electron chi connectivity index (χ3n) is 3.39. The average molecular weight is 382 g/mol. The van der Waals surface area contributed by atoms with E-state index < -0.39 is 17.9 Å². The van der Waals surface area contributed by atoms with Gasteiger partial charge in [-0.1, -0.05) is 48.2 Å². The normalized spacial score (nSPS) is 17.4. The fourth-order valence-electron chi connectivity index (χ4n) is 2.16. The maximum Gasteiger partial charge on any atom is 0.326 e. The van der Waals surface area contributed by atoms with E-state index in [1.807, 2.05) is 6.26 Å². The van der Waals surface area contributed by atoms with Gasteiger partial charge in [-0.3, -0.25) is 14.5 Å². The monoisotopic (exact) mass is 381 g/mol. The lowest BCUT2D eigenvalue weighted by Crippen LogP contribution is -2.44. The number of carbonyl (C=O) groups excluding carboxylic acids is 2. The summed E-state index contributed by atoms with van der Waals surface area (Å²) in [6, 6.07) is 5.79. The van der Waals surface area contributed by atoms with E-state index in [-0.39, 0.29) is 4.32 Å². The first-order chi connectivity index (χ1) is 11.5. The first-order valence-electron chi connectivity index (χ1n) is 7.02. The Hall–Kier alpha value is -1.64. The van der Waals surface area contributed by atoms with Crippen molar-refractivity contribution in [3.63, 3.8) is 0 Å². The molecule has 0 bridgehead atoms. The Balaban J connectivity index is 2.24. The Morgan fingerprint density at radius 2 is 2.00 bits per heavy atom. The van der Waals surface area contributed by atoms with Gasteiger partial charge in [0.1, 0.15) is 16.6 Å². The molecule has 0 aromatic heterocycles. The highest BCUT2D eigenvalue weighted by molar-refractivity contribution is 8.26. The second-order valence-electron chi connectivity index (χ2n) is 4.97. The minimum atomic E-state index is -1.06. The molecular formula is C16H15NO4S3. The van der Waals surface area contributed by atoms with Crippen LogP contribution in [-0.2, 0) is 9.59 Å². The fraction of sp³-hybridized carbons (Fsp3) is 0.250. The summed E-state index contributed by atoms with van der Waals surface area (Å²) in [6.45, 7) is 0. The molecule has 0 spiro atoms. The molecule has 126 valence electrons. The Morgan fingerprint density at radius 1 is 1.38 bits per heavy atom. The van der Waals surface area contributed by atoms with E-state index >= 15 is 0 Å². The number of benzene rings is 1. The van der Waals surface area contributed by atoms with E-state index in [0.29, 0.717) is 22.6 Å². The molecule has 0 aliphatic carbocycles. The van der Waals surface area contributed by atoms with Gasteiger partial charge < -0.3 is 5.11 Å². The topological polar surface area (TPSA) is 74.7 Å². The Bertz CT molecular complexity index is 700. The molecule has 1 aromatic rings. The van der Waals surface area contributed by atoms with Crippen LogP contribution < -0.4 is 0 Å². The summed E-state index contributed by atoms with van der Waals surface area (Å²) in [7, 11) is 0. The van der Waals surface area contributed by atoms with E-state index in [9.17, 15) is 19.5 Å². The maximum absolute atomic E-state index is 12.6. The lowest BCUT2D eigenvalue weighted by Gasteiger charge is -2.22. The molecular weight excluding hydrogens is 366 g/mol. The summed E-state index contributed by atoms with van der Waals surface area (Å²) in [5.74, 6) is -0.824. The van der Waals surface area contributed by atoms with Gasteiger partial charge in [-0.15, -0.1) is 0 Å². The molecule has 5 nitrogen and oxygen atoms in total. The van der Waals surface area contributed by atoms with Crippen LogP contribution in [0.1, 0.15) is 22.3 Å². The van der Waals surface area contributed by atoms with Crippen LogP contribution >= 0.6 is 35.7 Å². The number of thioether (sulfide) groups is 2. The second-order valence-corrected chi connectivity index (χ2v) is 7.63. The van der Waals surface area contributed by atoms with Gasteiger partial charge >= 0.3 is 5.97 Å². The molecule has 2 rings (SSSR count). The Kier molecular flexibility index (Phi) is 6.59. The zero-order chi connectivity index (χ0) is 17.7. The molecule has 1 unspecified atom stereocenters. The Morgan fingerprint density at radius 3 is 2.54 bits per heavy atom. The van der Waals surface area contributed by atoms with Crippen LogP contribution in [0.15, 0.2) is 29.2 Å². The van der Waals surface area contributed by atoms with Crippen molar-refractivity contribution in [2.75, 3.05) is 12.0 Å². The van der Waals surface area contributed by atoms with Crippen molar-refractivity contribution < 1.29 is 19.5 Å². The average Bonchev–Trinajstić information content (AvgIpc) is 2.83. The van der Waals surface area contributed by atoms with Crippen molar-refractivity contribution >= 4 is 64.3 Å². The van der Waals surface area contributed by atoms with Gasteiger partial charge in [0.25, 0.3) is 5.91 Å². The van der Waals surface area contributed by atoms with Gasteiger partial charge in [-0.2, -0.15) is 11.8 Å². The predicted molar refractivity (Wildman–Crippen MR) is 101 cm³/mol. The number of hydrogen-bond donors (Lipinski definition) is 1. The van der Waals surface area contributed by atoms with Gasteiger partial charge in [0.2, 0.25) is 0 Å². The predicted octanol–water partition coefficient (Wildman–Crippen LogP) is 2.91. The lowest BCUT2D eigenvalue weighted by molar-refractivity contribution is -0.145. The summed E-state index contributed by atoms with van der Waals surface area (Å²) >= 11 is 7.82. The standard InChI is InChI=1S/C16H15NO4S3/c1-23-7-6-12(15(20)21)17-14(19)13(24-16(17)22)8-10-2-4-11(9-18)5-3-10/h2-5,8-9,12H,6-7H2,1H3,(H,20,21). The van der Waals surface area contributed by atoms with Gasteiger partial charge in [-0.25, -0.2) is 4.79 Å². The number of carboxylic acids is 1. The summed E-state index contributed by atoms with van der Waals surface area (Å²) in [6.07, 6.45) is 4.62. The SMILES string of the molecule is CSCCC(C(=O)O)N1C(=O)C(=Cc2ccc(C=O)cc2)SC1=S. The molecule has 1 aromatic carbocycles. The van der Waals surface area contributed by atoms with E-state index in [0.717, 1.165) is 23.6 Å². The van der Waals surface area contributed by atoms with Crippen molar-refractivity contribution in [3.05, 3.63) is 40.3 Å². The largest absolute Gasteiger partial charge is 0.480 e. The van der Waals surface area contributed by atoms with Crippen molar-refractivity contribution in [1.29, 1.82) is 0 Å². The molecule has 8 heteroatoms. The third-order valence-corrected chi connectivity index (χ3v) is 5.36. The summed E-state index contributed by atoms with van der Waals surface area (Å²) < 4.78 is 0.254. The maximum atomic E-state index is 12.6. The highest BCUT2D eigenvalue weighted by Crippen LogP contribution is 2.34. The lowest BCUT2D eigenvalue weighted by atomic mass is 10.1. The number of nitrogens with zero attached hydrogens (tertiary/aromatic N) is 1. The van der Waals surface area contributed by atoms with Crippen LogP contribution in [0.3, 0.4) is 0 Å². The molecule has 1 saturated heterocycles. The van der Waals surface area contributed by atoms with Crippen LogP contribution in [0.5, 0.6) is 0 Å². The first kappa shape index (κ1) is 18.7. The number of rotatable bonds is 7. The number of carboxylic acid groups (broad SMARTS) is 1. The van der Waals surface area contributed by atoms with Gasteiger partial charge in [0, 0.05) is 5.56 Å². The third kappa shape index (κ3) is 4.25. The smallest absolute Gasteiger partial charge is 0.326 e. The quantitative estimate of drug-likeness (QED) is 0.442. The van der Waals surface area contributed by atoms with Gasteiger partial charge in [0.05, 0.1) is 4.91 Å². The van der Waals surface area contributed by atoms with E-state index in [4.69, 9.17) is 12.2 Å².